The first-order valence-electron chi connectivity index (χ1n) is 6.99. The van der Waals surface area contributed by atoms with Crippen LogP contribution in [0.4, 0.5) is 0 Å². The Morgan fingerprint density at radius 2 is 1.87 bits per heavy atom. The second-order valence-electron chi connectivity index (χ2n) is 5.16. The normalized spacial score (nSPS) is 12.0. The number of hydrogen-bond donors (Lipinski definition) is 2. The van der Waals surface area contributed by atoms with Gasteiger partial charge in [-0.05, 0) is 47.4 Å². The first kappa shape index (κ1) is 17.6. The highest BCUT2D eigenvalue weighted by atomic mass is 35.5. The minimum atomic E-state index is -0.773. The lowest BCUT2D eigenvalue weighted by atomic mass is 9.95. The Labute approximate surface area is 144 Å². The van der Waals surface area contributed by atoms with Gasteiger partial charge in [0.25, 0.3) is 0 Å². The molecule has 4 nitrogen and oxygen atoms in total. The van der Waals surface area contributed by atoms with Crippen LogP contribution in [0.25, 0.3) is 0 Å². The van der Waals surface area contributed by atoms with E-state index < -0.39 is 12.0 Å². The maximum atomic E-state index is 11.5. The van der Waals surface area contributed by atoms with Crippen LogP contribution in [0.15, 0.2) is 36.4 Å². The largest absolute Gasteiger partial charge is 0.508 e. The fourth-order valence-electron chi connectivity index (χ4n) is 2.34. The van der Waals surface area contributed by atoms with Crippen LogP contribution in [0.3, 0.4) is 0 Å². The lowest BCUT2D eigenvalue weighted by molar-refractivity contribution is -0.142. The zero-order chi connectivity index (χ0) is 17.0. The van der Waals surface area contributed by atoms with Gasteiger partial charge in [0.2, 0.25) is 0 Å². The number of halogens is 2. The van der Waals surface area contributed by atoms with Crippen LogP contribution in [0.5, 0.6) is 5.75 Å². The van der Waals surface area contributed by atoms with Crippen molar-refractivity contribution in [3.05, 3.63) is 63.1 Å². The second kappa shape index (κ2) is 7.68. The van der Waals surface area contributed by atoms with E-state index in [1.807, 2.05) is 0 Å². The Kier molecular flexibility index (Phi) is 5.88. The van der Waals surface area contributed by atoms with Crippen molar-refractivity contribution >= 4 is 29.2 Å². The summed E-state index contributed by atoms with van der Waals surface area (Å²) in [5.74, 6) is -0.363. The summed E-state index contributed by atoms with van der Waals surface area (Å²) in [5, 5.41) is 10.8. The average molecular weight is 354 g/mol. The Morgan fingerprint density at radius 3 is 2.48 bits per heavy atom. The minimum Gasteiger partial charge on any atom is -0.508 e. The highest BCUT2D eigenvalue weighted by Gasteiger charge is 2.17. The number of phenolic OH excluding ortho intramolecular Hbond substituents is 1. The number of carbonyl (C=O) groups excluding carboxylic acids is 1. The Morgan fingerprint density at radius 1 is 1.22 bits per heavy atom. The molecule has 0 bridgehead atoms. The molecule has 0 heterocycles. The molecule has 6 heteroatoms. The van der Waals surface area contributed by atoms with Crippen molar-refractivity contribution in [3.8, 4) is 5.75 Å². The third-order valence-corrected chi connectivity index (χ3v) is 4.27. The molecule has 0 aromatic heterocycles. The Bertz CT molecular complexity index is 699. The molecule has 0 aliphatic rings. The lowest BCUT2D eigenvalue weighted by Crippen LogP contribution is -2.33. The molecule has 0 unspecified atom stereocenters. The van der Waals surface area contributed by atoms with Gasteiger partial charge in [-0.15, -0.1) is 0 Å². The number of rotatable bonds is 5. The number of aromatic hydroxyl groups is 1. The van der Waals surface area contributed by atoms with E-state index in [1.165, 1.54) is 7.11 Å². The highest BCUT2D eigenvalue weighted by Crippen LogP contribution is 2.29. The molecule has 0 fully saturated rings. The molecule has 122 valence electrons. The predicted molar refractivity (Wildman–Crippen MR) is 91.1 cm³/mol. The van der Waals surface area contributed by atoms with E-state index in [-0.39, 0.29) is 5.75 Å². The standard InChI is InChI=1S/C17H17Cl2NO3/c1-23-17(22)16(20)9-10-5-6-12(21)7-11(10)8-13-14(18)3-2-4-15(13)19/h2-7,16,21H,8-9,20H2,1H3/t16-/m0/s1. The summed E-state index contributed by atoms with van der Waals surface area (Å²) < 4.78 is 4.65. The molecule has 0 radical (unpaired) electrons. The molecule has 0 aliphatic carbocycles. The van der Waals surface area contributed by atoms with Gasteiger partial charge in [0.15, 0.2) is 0 Å². The second-order valence-corrected chi connectivity index (χ2v) is 5.98. The molecule has 2 rings (SSSR count). The van der Waals surface area contributed by atoms with E-state index in [9.17, 15) is 9.90 Å². The number of methoxy groups -OCH3 is 1. The van der Waals surface area contributed by atoms with E-state index in [1.54, 1.807) is 36.4 Å². The van der Waals surface area contributed by atoms with Crippen molar-refractivity contribution < 1.29 is 14.6 Å². The fourth-order valence-corrected chi connectivity index (χ4v) is 2.87. The third kappa shape index (κ3) is 4.38. The van der Waals surface area contributed by atoms with Crippen LogP contribution in [0.1, 0.15) is 16.7 Å². The van der Waals surface area contributed by atoms with Crippen molar-refractivity contribution in [2.24, 2.45) is 5.73 Å². The molecule has 2 aromatic carbocycles. The smallest absolute Gasteiger partial charge is 0.322 e. The van der Waals surface area contributed by atoms with Gasteiger partial charge in [0.1, 0.15) is 11.8 Å². The summed E-state index contributed by atoms with van der Waals surface area (Å²) in [5.41, 5.74) is 8.22. The molecule has 0 saturated carbocycles. The van der Waals surface area contributed by atoms with Gasteiger partial charge in [0.05, 0.1) is 7.11 Å². The number of carbonyl (C=O) groups is 1. The van der Waals surface area contributed by atoms with Crippen molar-refractivity contribution in [1.29, 1.82) is 0 Å². The van der Waals surface area contributed by atoms with Gasteiger partial charge in [-0.1, -0.05) is 35.3 Å². The number of ether oxygens (including phenoxy) is 1. The molecular formula is C17H17Cl2NO3. The third-order valence-electron chi connectivity index (χ3n) is 3.56. The summed E-state index contributed by atoms with van der Waals surface area (Å²) in [7, 11) is 1.30. The fraction of sp³-hybridized carbons (Fsp3) is 0.235. The monoisotopic (exact) mass is 353 g/mol. The molecule has 2 aromatic rings. The number of hydrogen-bond acceptors (Lipinski definition) is 4. The number of esters is 1. The topological polar surface area (TPSA) is 72.5 Å². The molecule has 1 atom stereocenters. The molecule has 0 aliphatic heterocycles. The summed E-state index contributed by atoms with van der Waals surface area (Å²) >= 11 is 12.4. The summed E-state index contributed by atoms with van der Waals surface area (Å²) in [6.45, 7) is 0. The van der Waals surface area contributed by atoms with Crippen LogP contribution in [-0.4, -0.2) is 24.2 Å². The van der Waals surface area contributed by atoms with E-state index in [0.29, 0.717) is 22.9 Å². The van der Waals surface area contributed by atoms with E-state index >= 15 is 0 Å². The molecule has 0 amide bonds. The summed E-state index contributed by atoms with van der Waals surface area (Å²) in [4.78, 5) is 11.5. The van der Waals surface area contributed by atoms with Crippen molar-refractivity contribution in [2.75, 3.05) is 7.11 Å². The summed E-state index contributed by atoms with van der Waals surface area (Å²) in [6, 6.07) is 9.42. The van der Waals surface area contributed by atoms with Crippen LogP contribution < -0.4 is 5.73 Å². The van der Waals surface area contributed by atoms with Gasteiger partial charge >= 0.3 is 5.97 Å². The zero-order valence-corrected chi connectivity index (χ0v) is 14.1. The Balaban J connectivity index is 2.34. The molecule has 23 heavy (non-hydrogen) atoms. The van der Waals surface area contributed by atoms with Gasteiger partial charge in [-0.25, -0.2) is 0 Å². The maximum absolute atomic E-state index is 11.5. The molecular weight excluding hydrogens is 337 g/mol. The van der Waals surface area contributed by atoms with Gasteiger partial charge in [-0.2, -0.15) is 0 Å². The summed E-state index contributed by atoms with van der Waals surface area (Å²) in [6.07, 6.45) is 0.723. The number of phenols is 1. The van der Waals surface area contributed by atoms with Crippen LogP contribution in [-0.2, 0) is 22.4 Å². The minimum absolute atomic E-state index is 0.124. The SMILES string of the molecule is COC(=O)[C@@H](N)Cc1ccc(O)cc1Cc1c(Cl)cccc1Cl. The molecule has 0 spiro atoms. The van der Waals surface area contributed by atoms with Gasteiger partial charge in [0, 0.05) is 16.5 Å². The Hall–Kier alpha value is -1.75. The highest BCUT2D eigenvalue weighted by molar-refractivity contribution is 6.36. The quantitative estimate of drug-likeness (QED) is 0.808. The van der Waals surface area contributed by atoms with Crippen molar-refractivity contribution in [3.63, 3.8) is 0 Å². The first-order chi connectivity index (χ1) is 10.9. The first-order valence-corrected chi connectivity index (χ1v) is 7.75. The number of benzene rings is 2. The average Bonchev–Trinajstić information content (AvgIpc) is 2.52. The van der Waals surface area contributed by atoms with E-state index in [2.05, 4.69) is 4.74 Å². The maximum Gasteiger partial charge on any atom is 0.322 e. The zero-order valence-electron chi connectivity index (χ0n) is 12.6. The van der Waals surface area contributed by atoms with Crippen molar-refractivity contribution in [2.45, 2.75) is 18.9 Å². The predicted octanol–water partition coefficient (Wildman–Crippen LogP) is 3.33. The van der Waals surface area contributed by atoms with E-state index in [0.717, 1.165) is 16.7 Å². The van der Waals surface area contributed by atoms with Crippen LogP contribution in [0.2, 0.25) is 10.0 Å². The van der Waals surface area contributed by atoms with Crippen LogP contribution >= 0.6 is 23.2 Å². The van der Waals surface area contributed by atoms with Gasteiger partial charge < -0.3 is 15.6 Å². The van der Waals surface area contributed by atoms with Crippen molar-refractivity contribution in [1.82, 2.24) is 0 Å². The number of nitrogens with two attached hydrogens (primary N) is 1. The van der Waals surface area contributed by atoms with Crippen LogP contribution in [0, 0.1) is 0 Å². The lowest BCUT2D eigenvalue weighted by Gasteiger charge is -2.15. The van der Waals surface area contributed by atoms with E-state index in [4.69, 9.17) is 28.9 Å². The molecule has 3 N–H and O–H groups in total. The molecule has 0 saturated heterocycles. The van der Waals surface area contributed by atoms with Gasteiger partial charge in [-0.3, -0.25) is 4.79 Å².